The molecular weight excluding hydrogens is 365 g/mol. The summed E-state index contributed by atoms with van der Waals surface area (Å²) in [6.45, 7) is 0.377. The fourth-order valence-corrected chi connectivity index (χ4v) is 2.67. The lowest BCUT2D eigenvalue weighted by Crippen LogP contribution is -2.52. The summed E-state index contributed by atoms with van der Waals surface area (Å²) in [6.07, 6.45) is -3.48. The molecule has 0 aliphatic rings. The Morgan fingerprint density at radius 3 is 2.54 bits per heavy atom. The summed E-state index contributed by atoms with van der Waals surface area (Å²) in [6, 6.07) is 9.78. The van der Waals surface area contributed by atoms with Gasteiger partial charge in [-0.2, -0.15) is 13.2 Å². The van der Waals surface area contributed by atoms with Gasteiger partial charge in [-0.1, -0.05) is 29.4 Å². The predicted molar refractivity (Wildman–Crippen MR) is 85.1 cm³/mol. The van der Waals surface area contributed by atoms with Crippen LogP contribution in [0.1, 0.15) is 6.92 Å². The number of aromatic nitrogens is 1. The molecule has 0 aliphatic carbocycles. The number of rotatable bonds is 4. The summed E-state index contributed by atoms with van der Waals surface area (Å²) >= 11 is 7.29. The van der Waals surface area contributed by atoms with Crippen molar-refractivity contribution in [2.45, 2.75) is 28.6 Å². The standard InChI is InChI=1S/C15H12ClF3N2O2S/c1-14(23,15(17,18)19)13(22)21-11-6-5-9(8-10(11)16)24-12-4-2-3-7-20-12/h2-8,23H,1H3,(H,21,22)/t14-/m1/s1. The highest BCUT2D eigenvalue weighted by molar-refractivity contribution is 7.99. The third-order valence-corrected chi connectivity index (χ3v) is 4.30. The van der Waals surface area contributed by atoms with Gasteiger partial charge in [-0.3, -0.25) is 4.79 Å². The monoisotopic (exact) mass is 376 g/mol. The van der Waals surface area contributed by atoms with E-state index in [1.54, 1.807) is 24.4 Å². The number of carbonyl (C=O) groups is 1. The average Bonchev–Trinajstić information content (AvgIpc) is 2.49. The molecule has 9 heteroatoms. The van der Waals surface area contributed by atoms with Gasteiger partial charge in [-0.25, -0.2) is 4.98 Å². The van der Waals surface area contributed by atoms with E-state index in [0.717, 1.165) is 0 Å². The number of nitrogens with zero attached hydrogens (tertiary/aromatic N) is 1. The van der Waals surface area contributed by atoms with Crippen molar-refractivity contribution in [1.29, 1.82) is 0 Å². The van der Waals surface area contributed by atoms with Crippen molar-refractivity contribution in [3.63, 3.8) is 0 Å². The van der Waals surface area contributed by atoms with Gasteiger partial charge in [0, 0.05) is 11.1 Å². The maximum atomic E-state index is 12.6. The van der Waals surface area contributed by atoms with Crippen molar-refractivity contribution in [1.82, 2.24) is 4.98 Å². The van der Waals surface area contributed by atoms with Crippen molar-refractivity contribution in [3.8, 4) is 0 Å². The van der Waals surface area contributed by atoms with Crippen molar-refractivity contribution < 1.29 is 23.1 Å². The van der Waals surface area contributed by atoms with Crippen molar-refractivity contribution in [2.75, 3.05) is 5.32 Å². The van der Waals surface area contributed by atoms with E-state index in [-0.39, 0.29) is 10.7 Å². The number of halogens is 4. The number of anilines is 1. The van der Waals surface area contributed by atoms with Crippen LogP contribution in [0.3, 0.4) is 0 Å². The highest BCUT2D eigenvalue weighted by Gasteiger charge is 2.55. The van der Waals surface area contributed by atoms with E-state index in [9.17, 15) is 23.1 Å². The molecule has 0 fully saturated rings. The molecule has 0 saturated heterocycles. The summed E-state index contributed by atoms with van der Waals surface area (Å²) < 4.78 is 37.9. The van der Waals surface area contributed by atoms with E-state index in [0.29, 0.717) is 16.8 Å². The molecule has 1 heterocycles. The van der Waals surface area contributed by atoms with Gasteiger partial charge in [0.1, 0.15) is 5.03 Å². The molecule has 0 spiro atoms. The van der Waals surface area contributed by atoms with Crippen molar-refractivity contribution in [3.05, 3.63) is 47.6 Å². The van der Waals surface area contributed by atoms with E-state index < -0.39 is 17.7 Å². The second-order valence-electron chi connectivity index (χ2n) is 4.94. The Kier molecular flexibility index (Phi) is 5.42. The molecule has 2 aromatic rings. The second kappa shape index (κ2) is 7.00. The lowest BCUT2D eigenvalue weighted by Gasteiger charge is -2.25. The zero-order valence-corrected chi connectivity index (χ0v) is 13.8. The lowest BCUT2D eigenvalue weighted by molar-refractivity contribution is -0.242. The summed E-state index contributed by atoms with van der Waals surface area (Å²) in [5.41, 5.74) is -3.55. The molecule has 1 amide bonds. The first kappa shape index (κ1) is 18.6. The minimum Gasteiger partial charge on any atom is -0.373 e. The quantitative estimate of drug-likeness (QED) is 0.842. The number of amides is 1. The zero-order valence-electron chi connectivity index (χ0n) is 12.3. The third kappa shape index (κ3) is 4.19. The first-order valence-electron chi connectivity index (χ1n) is 6.60. The highest BCUT2D eigenvalue weighted by Crippen LogP contribution is 2.34. The van der Waals surface area contributed by atoms with Crippen LogP contribution in [0.25, 0.3) is 0 Å². The van der Waals surface area contributed by atoms with Crippen LogP contribution in [0.15, 0.2) is 52.5 Å². The normalized spacial score (nSPS) is 14.1. The Morgan fingerprint density at radius 1 is 1.29 bits per heavy atom. The van der Waals surface area contributed by atoms with Gasteiger partial charge in [0.25, 0.3) is 5.91 Å². The number of pyridine rings is 1. The molecule has 128 valence electrons. The fraction of sp³-hybridized carbons (Fsp3) is 0.200. The molecule has 0 saturated carbocycles. The van der Waals surface area contributed by atoms with Crippen LogP contribution < -0.4 is 5.32 Å². The topological polar surface area (TPSA) is 62.2 Å². The number of benzene rings is 1. The van der Waals surface area contributed by atoms with Crippen LogP contribution >= 0.6 is 23.4 Å². The van der Waals surface area contributed by atoms with E-state index in [4.69, 9.17) is 11.6 Å². The lowest BCUT2D eigenvalue weighted by atomic mass is 10.1. The maximum absolute atomic E-state index is 12.6. The van der Waals surface area contributed by atoms with E-state index in [1.807, 2.05) is 11.4 Å². The summed E-state index contributed by atoms with van der Waals surface area (Å²) in [5, 5.41) is 12.1. The molecule has 1 aromatic carbocycles. The van der Waals surface area contributed by atoms with Gasteiger partial charge in [0.05, 0.1) is 10.7 Å². The van der Waals surface area contributed by atoms with E-state index >= 15 is 0 Å². The minimum absolute atomic E-state index is 0.0310. The Balaban J connectivity index is 2.14. The Morgan fingerprint density at radius 2 is 2.00 bits per heavy atom. The molecule has 0 aliphatic heterocycles. The summed E-state index contributed by atoms with van der Waals surface area (Å²) in [4.78, 5) is 16.5. The summed E-state index contributed by atoms with van der Waals surface area (Å²) in [7, 11) is 0. The predicted octanol–water partition coefficient (Wildman–Crippen LogP) is 4.14. The molecular formula is C15H12ClF3N2O2S. The molecule has 0 unspecified atom stereocenters. The van der Waals surface area contributed by atoms with Gasteiger partial charge < -0.3 is 10.4 Å². The molecule has 1 atom stereocenters. The van der Waals surface area contributed by atoms with Crippen LogP contribution in [0, 0.1) is 0 Å². The van der Waals surface area contributed by atoms with Crippen LogP contribution in [0.4, 0.5) is 18.9 Å². The Labute approximate surface area is 145 Å². The maximum Gasteiger partial charge on any atom is 0.426 e. The number of aliphatic hydroxyl groups is 1. The van der Waals surface area contributed by atoms with Gasteiger partial charge >= 0.3 is 6.18 Å². The van der Waals surface area contributed by atoms with E-state index in [2.05, 4.69) is 4.98 Å². The molecule has 4 nitrogen and oxygen atoms in total. The number of carbonyl (C=O) groups excluding carboxylic acids is 1. The zero-order chi connectivity index (χ0) is 18.0. The van der Waals surface area contributed by atoms with Crippen molar-refractivity contribution in [2.24, 2.45) is 0 Å². The average molecular weight is 377 g/mol. The van der Waals surface area contributed by atoms with Gasteiger partial charge in [0.15, 0.2) is 0 Å². The number of alkyl halides is 3. The largest absolute Gasteiger partial charge is 0.426 e. The molecule has 2 rings (SSSR count). The van der Waals surface area contributed by atoms with Crippen LogP contribution in [-0.4, -0.2) is 27.8 Å². The van der Waals surface area contributed by atoms with Crippen LogP contribution in [0.2, 0.25) is 5.02 Å². The van der Waals surface area contributed by atoms with Crippen LogP contribution in [-0.2, 0) is 4.79 Å². The SMILES string of the molecule is C[C@@](O)(C(=O)Nc1ccc(Sc2ccccn2)cc1Cl)C(F)(F)F. The van der Waals surface area contributed by atoms with Crippen molar-refractivity contribution >= 4 is 35.0 Å². The Hall–Kier alpha value is -1.77. The molecule has 0 bridgehead atoms. The molecule has 1 aromatic heterocycles. The van der Waals surface area contributed by atoms with Gasteiger partial charge in [0.2, 0.25) is 5.60 Å². The van der Waals surface area contributed by atoms with Gasteiger partial charge in [-0.05, 0) is 37.3 Å². The minimum atomic E-state index is -5.10. The fourth-order valence-electron chi connectivity index (χ4n) is 1.56. The second-order valence-corrected chi connectivity index (χ2v) is 6.44. The summed E-state index contributed by atoms with van der Waals surface area (Å²) in [5.74, 6) is -1.61. The first-order valence-corrected chi connectivity index (χ1v) is 7.79. The first-order chi connectivity index (χ1) is 11.1. The van der Waals surface area contributed by atoms with Crippen LogP contribution in [0.5, 0.6) is 0 Å². The number of hydrogen-bond acceptors (Lipinski definition) is 4. The Bertz CT molecular complexity index is 739. The smallest absolute Gasteiger partial charge is 0.373 e. The molecule has 2 N–H and O–H groups in total. The third-order valence-electron chi connectivity index (χ3n) is 3.04. The molecule has 0 radical (unpaired) electrons. The number of nitrogens with one attached hydrogen (secondary N) is 1. The van der Waals surface area contributed by atoms with E-state index in [1.165, 1.54) is 23.9 Å². The van der Waals surface area contributed by atoms with Gasteiger partial charge in [-0.15, -0.1) is 0 Å². The highest BCUT2D eigenvalue weighted by atomic mass is 35.5. The molecule has 24 heavy (non-hydrogen) atoms. The number of hydrogen-bond donors (Lipinski definition) is 2.